The molecule has 6 nitrogen and oxygen atoms in total. The zero-order chi connectivity index (χ0) is 23.4. The van der Waals surface area contributed by atoms with Crippen molar-refractivity contribution in [3.8, 4) is 5.75 Å². The van der Waals surface area contributed by atoms with Crippen LogP contribution in [0.2, 0.25) is 0 Å². The molecule has 0 atom stereocenters. The summed E-state index contributed by atoms with van der Waals surface area (Å²) in [7, 11) is 1.65. The number of carboxylic acids is 1. The molecular formula is C25H19IN2O4S. The highest BCUT2D eigenvalue weighted by molar-refractivity contribution is 14.1. The minimum absolute atomic E-state index is 0.147. The second kappa shape index (κ2) is 10.2. The smallest absolute Gasteiger partial charge is 0.335 e. The van der Waals surface area contributed by atoms with Crippen LogP contribution in [0.15, 0.2) is 82.7 Å². The van der Waals surface area contributed by atoms with Crippen LogP contribution in [0.25, 0.3) is 6.08 Å². The predicted octanol–water partition coefficient (Wildman–Crippen LogP) is 5.80. The lowest BCUT2D eigenvalue weighted by atomic mass is 10.2. The molecule has 0 aromatic heterocycles. The molecule has 4 rings (SSSR count). The first-order valence-corrected chi connectivity index (χ1v) is 11.9. The van der Waals surface area contributed by atoms with Crippen molar-refractivity contribution in [3.63, 3.8) is 0 Å². The van der Waals surface area contributed by atoms with Crippen LogP contribution in [0, 0.1) is 3.57 Å². The van der Waals surface area contributed by atoms with E-state index in [2.05, 4.69) is 27.6 Å². The molecule has 1 saturated heterocycles. The summed E-state index contributed by atoms with van der Waals surface area (Å²) in [4.78, 5) is 30.3. The van der Waals surface area contributed by atoms with Crippen molar-refractivity contribution in [2.24, 2.45) is 4.99 Å². The Kier molecular flexibility index (Phi) is 7.14. The monoisotopic (exact) mass is 570 g/mol. The molecule has 0 saturated carbocycles. The van der Waals surface area contributed by atoms with Crippen LogP contribution < -0.4 is 4.74 Å². The fourth-order valence-corrected chi connectivity index (χ4v) is 4.38. The fourth-order valence-electron chi connectivity index (χ4n) is 3.03. The molecule has 0 unspecified atom stereocenters. The lowest BCUT2D eigenvalue weighted by Gasteiger charge is -2.07. The van der Waals surface area contributed by atoms with E-state index in [-0.39, 0.29) is 11.5 Å². The van der Waals surface area contributed by atoms with Gasteiger partial charge in [-0.2, -0.15) is 0 Å². The van der Waals surface area contributed by atoms with Gasteiger partial charge < -0.3 is 9.84 Å². The number of hydrogen-bond acceptors (Lipinski definition) is 5. The molecule has 1 amide bonds. The molecule has 0 spiro atoms. The van der Waals surface area contributed by atoms with Crippen LogP contribution in [-0.4, -0.2) is 34.1 Å². The van der Waals surface area contributed by atoms with E-state index in [0.29, 0.717) is 22.4 Å². The topological polar surface area (TPSA) is 79.2 Å². The van der Waals surface area contributed by atoms with Crippen molar-refractivity contribution >= 4 is 63.2 Å². The number of aliphatic imine (C=N–C) groups is 1. The van der Waals surface area contributed by atoms with Crippen LogP contribution in [0.3, 0.4) is 0 Å². The SMILES string of the molecule is CN1C(=O)/C(=C/c2ccc(OCc3ccc(I)cc3)cc2)SC1=Nc1cccc(C(=O)O)c1. The summed E-state index contributed by atoms with van der Waals surface area (Å²) in [6.07, 6.45) is 1.81. The first-order valence-electron chi connectivity index (χ1n) is 9.96. The van der Waals surface area contributed by atoms with Gasteiger partial charge in [0.2, 0.25) is 0 Å². The Hall–Kier alpha value is -3.11. The third kappa shape index (κ3) is 5.82. The minimum atomic E-state index is -1.02. The normalized spacial score (nSPS) is 15.9. The summed E-state index contributed by atoms with van der Waals surface area (Å²) >= 11 is 3.52. The number of amides is 1. The molecule has 166 valence electrons. The predicted molar refractivity (Wildman–Crippen MR) is 139 cm³/mol. The number of carbonyl (C=O) groups is 2. The van der Waals surface area contributed by atoms with E-state index in [4.69, 9.17) is 9.84 Å². The minimum Gasteiger partial charge on any atom is -0.489 e. The maximum Gasteiger partial charge on any atom is 0.335 e. The molecule has 1 N–H and O–H groups in total. The Balaban J connectivity index is 1.45. The number of nitrogens with zero attached hydrogens (tertiary/aromatic N) is 2. The van der Waals surface area contributed by atoms with Gasteiger partial charge in [0, 0.05) is 10.6 Å². The van der Waals surface area contributed by atoms with Crippen LogP contribution in [0.5, 0.6) is 5.75 Å². The van der Waals surface area contributed by atoms with Gasteiger partial charge in [0.25, 0.3) is 5.91 Å². The van der Waals surface area contributed by atoms with Crippen molar-refractivity contribution < 1.29 is 19.4 Å². The fraction of sp³-hybridized carbons (Fsp3) is 0.0800. The molecule has 8 heteroatoms. The second-order valence-corrected chi connectivity index (χ2v) is 9.46. The highest BCUT2D eigenvalue weighted by atomic mass is 127. The Morgan fingerprint density at radius 1 is 1.12 bits per heavy atom. The standard InChI is InChI=1S/C25H19IN2O4S/c1-28-23(29)22(33-25(28)27-20-4-2-3-18(14-20)24(30)31)13-16-7-11-21(12-8-16)32-15-17-5-9-19(26)10-6-17/h2-14H,15H2,1H3,(H,30,31)/b22-13-,27-25?. The molecule has 0 aliphatic carbocycles. The number of carbonyl (C=O) groups excluding carboxylic acids is 1. The number of aromatic carboxylic acids is 1. The number of carboxylic acid groups (broad SMARTS) is 1. The lowest BCUT2D eigenvalue weighted by molar-refractivity contribution is -0.121. The van der Waals surface area contributed by atoms with Gasteiger partial charge in [0.1, 0.15) is 12.4 Å². The molecule has 3 aromatic carbocycles. The first-order chi connectivity index (χ1) is 15.9. The van der Waals surface area contributed by atoms with Gasteiger partial charge in [-0.3, -0.25) is 9.69 Å². The maximum atomic E-state index is 12.7. The summed E-state index contributed by atoms with van der Waals surface area (Å²) in [6.45, 7) is 0.486. The molecule has 0 radical (unpaired) electrons. The average molecular weight is 570 g/mol. The van der Waals surface area contributed by atoms with Gasteiger partial charge in [-0.05, 0) is 94.0 Å². The Bertz CT molecular complexity index is 1250. The number of halogens is 1. The number of thioether (sulfide) groups is 1. The van der Waals surface area contributed by atoms with E-state index in [9.17, 15) is 9.59 Å². The van der Waals surface area contributed by atoms with Crippen LogP contribution in [0.4, 0.5) is 5.69 Å². The molecule has 1 fully saturated rings. The zero-order valence-corrected chi connectivity index (χ0v) is 20.5. The molecule has 0 bridgehead atoms. The van der Waals surface area contributed by atoms with Gasteiger partial charge in [-0.1, -0.05) is 30.3 Å². The van der Waals surface area contributed by atoms with E-state index in [1.807, 2.05) is 54.6 Å². The van der Waals surface area contributed by atoms with Gasteiger partial charge in [0.05, 0.1) is 16.2 Å². The van der Waals surface area contributed by atoms with Crippen LogP contribution in [0.1, 0.15) is 21.5 Å². The van der Waals surface area contributed by atoms with E-state index >= 15 is 0 Å². The number of rotatable bonds is 6. The van der Waals surface area contributed by atoms with Crippen molar-refractivity contribution in [1.82, 2.24) is 4.90 Å². The summed E-state index contributed by atoms with van der Waals surface area (Å²) < 4.78 is 7.02. The Morgan fingerprint density at radius 3 is 2.55 bits per heavy atom. The number of ether oxygens (including phenoxy) is 1. The molecule has 33 heavy (non-hydrogen) atoms. The van der Waals surface area contributed by atoms with Crippen LogP contribution >= 0.6 is 34.4 Å². The van der Waals surface area contributed by atoms with Crippen molar-refractivity contribution in [2.75, 3.05) is 7.05 Å². The highest BCUT2D eigenvalue weighted by Crippen LogP contribution is 2.33. The highest BCUT2D eigenvalue weighted by Gasteiger charge is 2.30. The molecule has 1 aliphatic rings. The van der Waals surface area contributed by atoms with E-state index in [1.165, 1.54) is 32.4 Å². The van der Waals surface area contributed by atoms with Gasteiger partial charge in [-0.25, -0.2) is 9.79 Å². The van der Waals surface area contributed by atoms with Crippen LogP contribution in [-0.2, 0) is 11.4 Å². The second-order valence-electron chi connectivity index (χ2n) is 7.21. The summed E-state index contributed by atoms with van der Waals surface area (Å²) in [5.41, 5.74) is 2.59. The van der Waals surface area contributed by atoms with Crippen molar-refractivity contribution in [2.45, 2.75) is 6.61 Å². The third-order valence-corrected chi connectivity index (χ3v) is 6.60. The zero-order valence-electron chi connectivity index (χ0n) is 17.6. The van der Waals surface area contributed by atoms with Gasteiger partial charge >= 0.3 is 5.97 Å². The first kappa shape index (κ1) is 23.1. The summed E-state index contributed by atoms with van der Waals surface area (Å²) in [5.74, 6) is -0.432. The summed E-state index contributed by atoms with van der Waals surface area (Å²) in [6, 6.07) is 22.0. The van der Waals surface area contributed by atoms with E-state index in [0.717, 1.165) is 16.9 Å². The molecule has 1 heterocycles. The van der Waals surface area contributed by atoms with E-state index < -0.39 is 5.97 Å². The van der Waals surface area contributed by atoms with Gasteiger partial charge in [-0.15, -0.1) is 0 Å². The quantitative estimate of drug-likeness (QED) is 0.299. The molecule has 1 aliphatic heterocycles. The molecule has 3 aromatic rings. The number of amidine groups is 1. The Labute approximate surface area is 209 Å². The van der Waals surface area contributed by atoms with Crippen molar-refractivity contribution in [3.05, 3.63) is 98.0 Å². The van der Waals surface area contributed by atoms with E-state index in [1.54, 1.807) is 19.2 Å². The Morgan fingerprint density at radius 2 is 1.85 bits per heavy atom. The molecular weight excluding hydrogens is 551 g/mol. The number of benzene rings is 3. The maximum absolute atomic E-state index is 12.7. The summed E-state index contributed by atoms with van der Waals surface area (Å²) in [5, 5.41) is 9.65. The van der Waals surface area contributed by atoms with Crippen molar-refractivity contribution in [1.29, 1.82) is 0 Å². The number of hydrogen-bond donors (Lipinski definition) is 1. The largest absolute Gasteiger partial charge is 0.489 e. The lowest BCUT2D eigenvalue weighted by Crippen LogP contribution is -2.23. The third-order valence-electron chi connectivity index (χ3n) is 4.82. The number of likely N-dealkylation sites (N-methyl/N-ethyl adjacent to an activating group) is 1. The van der Waals surface area contributed by atoms with Gasteiger partial charge in [0.15, 0.2) is 5.17 Å². The average Bonchev–Trinajstić information content (AvgIpc) is 3.07.